The minimum atomic E-state index is -1.09. The highest BCUT2D eigenvalue weighted by Crippen LogP contribution is 2.16. The van der Waals surface area contributed by atoms with Gasteiger partial charge in [0.2, 0.25) is 5.91 Å². The second-order valence-electron chi connectivity index (χ2n) is 3.59. The number of likely N-dealkylation sites (N-methyl/N-ethyl adjacent to an activating group) is 1. The molecule has 0 radical (unpaired) electrons. The molecule has 0 spiro atoms. The van der Waals surface area contributed by atoms with E-state index in [0.29, 0.717) is 5.56 Å². The Labute approximate surface area is 108 Å². The summed E-state index contributed by atoms with van der Waals surface area (Å²) in [6, 6.07) is 4.02. The van der Waals surface area contributed by atoms with Gasteiger partial charge in [-0.05, 0) is 23.8 Å². The van der Waals surface area contributed by atoms with E-state index < -0.39 is 17.7 Å². The fourth-order valence-electron chi connectivity index (χ4n) is 1.19. The Morgan fingerprint density at radius 1 is 1.50 bits per heavy atom. The van der Waals surface area contributed by atoms with Crippen molar-refractivity contribution in [1.82, 2.24) is 4.90 Å². The molecule has 0 fully saturated rings. The van der Waals surface area contributed by atoms with Gasteiger partial charge in [-0.2, -0.15) is 0 Å². The molecular weight excluding hydrogens is 261 g/mol. The van der Waals surface area contributed by atoms with Gasteiger partial charge in [0.05, 0.1) is 5.02 Å². The van der Waals surface area contributed by atoms with Crippen molar-refractivity contribution in [2.24, 2.45) is 0 Å². The first-order valence-corrected chi connectivity index (χ1v) is 5.38. The van der Waals surface area contributed by atoms with E-state index in [1.807, 2.05) is 0 Å². The Morgan fingerprint density at radius 2 is 2.17 bits per heavy atom. The molecule has 1 amide bonds. The number of hydrogen-bond acceptors (Lipinski definition) is 2. The molecule has 4 nitrogen and oxygen atoms in total. The molecule has 0 atom stereocenters. The Morgan fingerprint density at radius 3 is 2.72 bits per heavy atom. The van der Waals surface area contributed by atoms with E-state index in [1.54, 1.807) is 0 Å². The van der Waals surface area contributed by atoms with Crippen molar-refractivity contribution < 1.29 is 19.1 Å². The minimum absolute atomic E-state index is 0.0384. The van der Waals surface area contributed by atoms with Gasteiger partial charge < -0.3 is 10.0 Å². The third-order valence-corrected chi connectivity index (χ3v) is 2.40. The standard InChI is InChI=1S/C12H11ClFNO3/c1-15(7-12(17)18)11(16)5-3-8-2-4-10(14)9(13)6-8/h2-6H,7H2,1H3,(H,17,18)/b5-3+. The van der Waals surface area contributed by atoms with Gasteiger partial charge in [0.25, 0.3) is 0 Å². The lowest BCUT2D eigenvalue weighted by Gasteiger charge is -2.11. The van der Waals surface area contributed by atoms with Crippen molar-refractivity contribution in [3.63, 3.8) is 0 Å². The Kier molecular flexibility index (Phi) is 4.85. The smallest absolute Gasteiger partial charge is 0.323 e. The van der Waals surface area contributed by atoms with Crippen LogP contribution >= 0.6 is 11.6 Å². The van der Waals surface area contributed by atoms with Crippen LogP contribution in [0.5, 0.6) is 0 Å². The highest BCUT2D eigenvalue weighted by atomic mass is 35.5. The molecule has 6 heteroatoms. The van der Waals surface area contributed by atoms with E-state index in [2.05, 4.69) is 0 Å². The van der Waals surface area contributed by atoms with Gasteiger partial charge in [0.1, 0.15) is 12.4 Å². The van der Waals surface area contributed by atoms with Crippen molar-refractivity contribution in [3.8, 4) is 0 Å². The summed E-state index contributed by atoms with van der Waals surface area (Å²) < 4.78 is 12.9. The molecule has 0 unspecified atom stereocenters. The molecule has 0 saturated carbocycles. The maximum absolute atomic E-state index is 12.9. The Balaban J connectivity index is 2.71. The lowest BCUT2D eigenvalue weighted by atomic mass is 10.2. The summed E-state index contributed by atoms with van der Waals surface area (Å²) in [5.74, 6) is -2.09. The fourth-order valence-corrected chi connectivity index (χ4v) is 1.38. The van der Waals surface area contributed by atoms with Crippen molar-refractivity contribution >= 4 is 29.6 Å². The van der Waals surface area contributed by atoms with Crippen LogP contribution in [-0.4, -0.2) is 35.5 Å². The van der Waals surface area contributed by atoms with Gasteiger partial charge >= 0.3 is 5.97 Å². The van der Waals surface area contributed by atoms with E-state index in [1.165, 1.54) is 37.4 Å². The first kappa shape index (κ1) is 14.2. The summed E-state index contributed by atoms with van der Waals surface area (Å²) in [6.07, 6.45) is 2.64. The molecule has 0 aliphatic rings. The Bertz CT molecular complexity index is 502. The summed E-state index contributed by atoms with van der Waals surface area (Å²) in [4.78, 5) is 22.9. The average molecular weight is 272 g/mol. The normalized spacial score (nSPS) is 10.6. The monoisotopic (exact) mass is 271 g/mol. The summed E-state index contributed by atoms with van der Waals surface area (Å²) in [7, 11) is 1.37. The van der Waals surface area contributed by atoms with E-state index in [9.17, 15) is 14.0 Å². The molecule has 0 aliphatic heterocycles. The molecule has 1 rings (SSSR count). The molecular formula is C12H11ClFNO3. The van der Waals surface area contributed by atoms with Gasteiger partial charge in [0.15, 0.2) is 0 Å². The third kappa shape index (κ3) is 4.18. The zero-order valence-electron chi connectivity index (χ0n) is 9.56. The van der Waals surface area contributed by atoms with Crippen LogP contribution in [0.2, 0.25) is 5.02 Å². The van der Waals surface area contributed by atoms with Gasteiger partial charge in [-0.15, -0.1) is 0 Å². The molecule has 0 aliphatic carbocycles. The van der Waals surface area contributed by atoms with E-state index in [4.69, 9.17) is 16.7 Å². The van der Waals surface area contributed by atoms with Gasteiger partial charge in [0, 0.05) is 13.1 Å². The number of aliphatic carboxylic acids is 1. The summed E-state index contributed by atoms with van der Waals surface area (Å²) >= 11 is 5.58. The summed E-state index contributed by atoms with van der Waals surface area (Å²) in [5, 5.41) is 8.47. The van der Waals surface area contributed by atoms with Crippen LogP contribution in [0.4, 0.5) is 4.39 Å². The SMILES string of the molecule is CN(CC(=O)O)C(=O)/C=C/c1ccc(F)c(Cl)c1. The molecule has 0 heterocycles. The van der Waals surface area contributed by atoms with Gasteiger partial charge in [-0.25, -0.2) is 4.39 Å². The third-order valence-electron chi connectivity index (χ3n) is 2.11. The van der Waals surface area contributed by atoms with Crippen molar-refractivity contribution in [2.45, 2.75) is 0 Å². The second kappa shape index (κ2) is 6.16. The zero-order valence-corrected chi connectivity index (χ0v) is 10.3. The van der Waals surface area contributed by atoms with Crippen LogP contribution in [0.3, 0.4) is 0 Å². The van der Waals surface area contributed by atoms with E-state index in [0.717, 1.165) is 4.90 Å². The van der Waals surface area contributed by atoms with Crippen LogP contribution in [0.25, 0.3) is 6.08 Å². The van der Waals surface area contributed by atoms with E-state index >= 15 is 0 Å². The fraction of sp³-hybridized carbons (Fsp3) is 0.167. The predicted molar refractivity (Wildman–Crippen MR) is 65.7 cm³/mol. The van der Waals surface area contributed by atoms with Crippen LogP contribution in [0.15, 0.2) is 24.3 Å². The zero-order chi connectivity index (χ0) is 13.7. The summed E-state index contributed by atoms with van der Waals surface area (Å²) in [5.41, 5.74) is 0.554. The number of carbonyl (C=O) groups is 2. The van der Waals surface area contributed by atoms with Crippen LogP contribution in [0.1, 0.15) is 5.56 Å². The molecule has 1 aromatic rings. The lowest BCUT2D eigenvalue weighted by molar-refractivity contribution is -0.141. The molecule has 0 bridgehead atoms. The quantitative estimate of drug-likeness (QED) is 0.853. The molecule has 1 N–H and O–H groups in total. The number of carboxylic acid groups (broad SMARTS) is 1. The molecule has 18 heavy (non-hydrogen) atoms. The largest absolute Gasteiger partial charge is 0.480 e. The topological polar surface area (TPSA) is 57.6 Å². The molecule has 0 saturated heterocycles. The second-order valence-corrected chi connectivity index (χ2v) is 4.00. The van der Waals surface area contributed by atoms with Crippen LogP contribution < -0.4 is 0 Å². The van der Waals surface area contributed by atoms with E-state index in [-0.39, 0.29) is 11.6 Å². The lowest BCUT2D eigenvalue weighted by Crippen LogP contribution is -2.30. The highest BCUT2D eigenvalue weighted by molar-refractivity contribution is 6.30. The van der Waals surface area contributed by atoms with Crippen molar-refractivity contribution in [1.29, 1.82) is 0 Å². The minimum Gasteiger partial charge on any atom is -0.480 e. The molecule has 0 aromatic heterocycles. The van der Waals surface area contributed by atoms with Gasteiger partial charge in [-0.3, -0.25) is 9.59 Å². The highest BCUT2D eigenvalue weighted by Gasteiger charge is 2.08. The van der Waals surface area contributed by atoms with Crippen LogP contribution in [0, 0.1) is 5.82 Å². The average Bonchev–Trinajstić information content (AvgIpc) is 2.29. The number of halogens is 2. The maximum atomic E-state index is 12.9. The number of carbonyl (C=O) groups excluding carboxylic acids is 1. The number of carboxylic acids is 1. The molecule has 1 aromatic carbocycles. The number of amides is 1. The van der Waals surface area contributed by atoms with Crippen LogP contribution in [-0.2, 0) is 9.59 Å². The predicted octanol–water partition coefficient (Wildman–Crippen LogP) is 2.04. The van der Waals surface area contributed by atoms with Crippen molar-refractivity contribution in [3.05, 3.63) is 40.7 Å². The first-order valence-electron chi connectivity index (χ1n) is 5.00. The molecule has 96 valence electrons. The van der Waals surface area contributed by atoms with Crippen molar-refractivity contribution in [2.75, 3.05) is 13.6 Å². The number of rotatable bonds is 4. The number of hydrogen-bond donors (Lipinski definition) is 1. The maximum Gasteiger partial charge on any atom is 0.323 e. The summed E-state index contributed by atoms with van der Waals surface area (Å²) in [6.45, 7) is -0.382. The van der Waals surface area contributed by atoms with Gasteiger partial charge in [-0.1, -0.05) is 17.7 Å². The number of nitrogens with zero attached hydrogens (tertiary/aromatic N) is 1. The Hall–Kier alpha value is -1.88. The number of benzene rings is 1. The first-order chi connectivity index (χ1) is 8.40.